The maximum absolute atomic E-state index is 12.6. The fourth-order valence-corrected chi connectivity index (χ4v) is 4.13. The number of benzene rings is 2. The first-order chi connectivity index (χ1) is 13.6. The van der Waals surface area contributed by atoms with Gasteiger partial charge in [0.1, 0.15) is 0 Å². The number of ether oxygens (including phenoxy) is 2. The third-order valence-corrected chi connectivity index (χ3v) is 5.50. The van der Waals surface area contributed by atoms with Gasteiger partial charge in [-0.3, -0.25) is 9.69 Å². The van der Waals surface area contributed by atoms with Crippen molar-refractivity contribution in [3.05, 3.63) is 59.2 Å². The molecule has 3 rings (SSSR count). The van der Waals surface area contributed by atoms with Gasteiger partial charge in [0.2, 0.25) is 5.91 Å². The Morgan fingerprint density at radius 3 is 2.50 bits per heavy atom. The van der Waals surface area contributed by atoms with E-state index in [1.54, 1.807) is 14.2 Å². The van der Waals surface area contributed by atoms with Crippen molar-refractivity contribution < 1.29 is 14.3 Å². The van der Waals surface area contributed by atoms with Crippen LogP contribution in [0.4, 0.5) is 0 Å². The zero-order valence-electron chi connectivity index (χ0n) is 17.2. The fraction of sp³-hybridized carbons (Fsp3) is 0.435. The van der Waals surface area contributed by atoms with Crippen LogP contribution in [0.2, 0.25) is 0 Å². The van der Waals surface area contributed by atoms with Crippen molar-refractivity contribution in [3.8, 4) is 11.5 Å². The Kier molecular flexibility index (Phi) is 6.57. The van der Waals surface area contributed by atoms with E-state index >= 15 is 0 Å². The summed E-state index contributed by atoms with van der Waals surface area (Å²) >= 11 is 0. The maximum Gasteiger partial charge on any atom is 0.224 e. The number of carbonyl (C=O) groups is 1. The molecule has 0 unspecified atom stereocenters. The van der Waals surface area contributed by atoms with E-state index < -0.39 is 0 Å². The van der Waals surface area contributed by atoms with E-state index in [-0.39, 0.29) is 18.0 Å². The quantitative estimate of drug-likeness (QED) is 0.798. The summed E-state index contributed by atoms with van der Waals surface area (Å²) in [5.74, 6) is 1.53. The summed E-state index contributed by atoms with van der Waals surface area (Å²) in [6.07, 6.45) is 1.35. The van der Waals surface area contributed by atoms with E-state index in [9.17, 15) is 4.79 Å². The number of hydrogen-bond acceptors (Lipinski definition) is 4. The highest BCUT2D eigenvalue weighted by Gasteiger charge is 2.32. The molecule has 0 fully saturated rings. The van der Waals surface area contributed by atoms with Crippen molar-refractivity contribution in [2.45, 2.75) is 38.8 Å². The molecule has 2 aromatic rings. The van der Waals surface area contributed by atoms with Crippen molar-refractivity contribution in [1.29, 1.82) is 0 Å². The number of amides is 1. The zero-order valence-corrected chi connectivity index (χ0v) is 17.2. The van der Waals surface area contributed by atoms with Gasteiger partial charge >= 0.3 is 0 Å². The minimum atomic E-state index is -0.0201. The number of nitrogens with zero attached hydrogens (tertiary/aromatic N) is 1. The van der Waals surface area contributed by atoms with E-state index in [0.29, 0.717) is 6.42 Å². The van der Waals surface area contributed by atoms with Gasteiger partial charge in [0, 0.05) is 12.6 Å². The number of fused-ring (bicyclic) bond motifs is 1. The van der Waals surface area contributed by atoms with Gasteiger partial charge in [0.15, 0.2) is 11.5 Å². The molecular formula is C23H30N2O3. The molecule has 0 aliphatic carbocycles. The van der Waals surface area contributed by atoms with Crippen LogP contribution in [0.25, 0.3) is 0 Å². The molecule has 0 aromatic heterocycles. The maximum atomic E-state index is 12.6. The van der Waals surface area contributed by atoms with E-state index in [2.05, 4.69) is 36.2 Å². The Morgan fingerprint density at radius 1 is 1.18 bits per heavy atom. The molecule has 0 spiro atoms. The first-order valence-electron chi connectivity index (χ1n) is 9.89. The normalized spacial score (nSPS) is 17.5. The Balaban J connectivity index is 1.83. The Morgan fingerprint density at radius 2 is 1.86 bits per heavy atom. The van der Waals surface area contributed by atoms with Crippen molar-refractivity contribution in [2.75, 3.05) is 27.3 Å². The van der Waals surface area contributed by atoms with Crippen LogP contribution in [0.15, 0.2) is 42.5 Å². The van der Waals surface area contributed by atoms with Crippen LogP contribution in [-0.2, 0) is 17.6 Å². The fourth-order valence-electron chi connectivity index (χ4n) is 4.13. The minimum absolute atomic E-state index is 0.0201. The summed E-state index contributed by atoms with van der Waals surface area (Å²) in [6.45, 7) is 6.14. The molecule has 5 heteroatoms. The predicted molar refractivity (Wildman–Crippen MR) is 111 cm³/mol. The third kappa shape index (κ3) is 4.30. The molecule has 1 heterocycles. The average molecular weight is 383 g/mol. The summed E-state index contributed by atoms with van der Waals surface area (Å²) in [4.78, 5) is 15.0. The smallest absolute Gasteiger partial charge is 0.224 e. The zero-order chi connectivity index (χ0) is 20.1. The molecule has 0 saturated heterocycles. The van der Waals surface area contributed by atoms with E-state index in [0.717, 1.165) is 36.6 Å². The van der Waals surface area contributed by atoms with Crippen LogP contribution in [0.5, 0.6) is 11.5 Å². The van der Waals surface area contributed by atoms with E-state index in [4.69, 9.17) is 9.47 Å². The number of hydrogen-bond donors (Lipinski definition) is 1. The molecule has 0 radical (unpaired) electrons. The Hall–Kier alpha value is -2.53. The lowest BCUT2D eigenvalue weighted by Gasteiger charge is -2.40. The molecule has 1 aliphatic heterocycles. The number of carbonyl (C=O) groups excluding carboxylic acids is 1. The number of methoxy groups -OCH3 is 2. The molecule has 5 nitrogen and oxygen atoms in total. The van der Waals surface area contributed by atoms with Crippen LogP contribution in [0, 0.1) is 0 Å². The van der Waals surface area contributed by atoms with Crippen LogP contribution in [0.1, 0.15) is 36.6 Å². The van der Waals surface area contributed by atoms with Gasteiger partial charge in [-0.2, -0.15) is 0 Å². The van der Waals surface area contributed by atoms with Crippen LogP contribution in [-0.4, -0.2) is 44.2 Å². The molecule has 2 aromatic carbocycles. The molecule has 1 amide bonds. The van der Waals surface area contributed by atoms with Crippen LogP contribution in [0.3, 0.4) is 0 Å². The lowest BCUT2D eigenvalue weighted by molar-refractivity contribution is -0.121. The predicted octanol–water partition coefficient (Wildman–Crippen LogP) is 3.37. The monoisotopic (exact) mass is 382 g/mol. The SMILES string of the molecule is CCN1CCc2cc(OC)c(OC)cc2[C@H]1[C@@H](C)NC(=O)Cc1ccccc1. The largest absolute Gasteiger partial charge is 0.493 e. The van der Waals surface area contributed by atoms with Crippen molar-refractivity contribution in [1.82, 2.24) is 10.2 Å². The molecule has 2 atom stereocenters. The van der Waals surface area contributed by atoms with Gasteiger partial charge in [0.25, 0.3) is 0 Å². The van der Waals surface area contributed by atoms with Crippen molar-refractivity contribution >= 4 is 5.91 Å². The van der Waals surface area contributed by atoms with Gasteiger partial charge in [-0.15, -0.1) is 0 Å². The molecule has 1 N–H and O–H groups in total. The molecule has 0 bridgehead atoms. The topological polar surface area (TPSA) is 50.8 Å². The molecule has 1 aliphatic rings. The van der Waals surface area contributed by atoms with Gasteiger partial charge in [-0.25, -0.2) is 0 Å². The first kappa shape index (κ1) is 20.2. The highest BCUT2D eigenvalue weighted by atomic mass is 16.5. The summed E-state index contributed by atoms with van der Waals surface area (Å²) in [7, 11) is 3.32. The summed E-state index contributed by atoms with van der Waals surface area (Å²) in [5.41, 5.74) is 3.49. The second-order valence-corrected chi connectivity index (χ2v) is 7.25. The molecule has 0 saturated carbocycles. The summed E-state index contributed by atoms with van der Waals surface area (Å²) in [5, 5.41) is 3.22. The second-order valence-electron chi connectivity index (χ2n) is 7.25. The van der Waals surface area contributed by atoms with Gasteiger partial charge in [0.05, 0.1) is 26.7 Å². The Labute approximate surface area is 167 Å². The van der Waals surface area contributed by atoms with E-state index in [1.165, 1.54) is 11.1 Å². The van der Waals surface area contributed by atoms with Crippen molar-refractivity contribution in [2.24, 2.45) is 0 Å². The van der Waals surface area contributed by atoms with Crippen molar-refractivity contribution in [3.63, 3.8) is 0 Å². The second kappa shape index (κ2) is 9.11. The standard InChI is InChI=1S/C23H30N2O3/c1-5-25-12-11-18-14-20(27-3)21(28-4)15-19(18)23(25)16(2)24-22(26)13-17-9-7-6-8-10-17/h6-10,14-16,23H,5,11-13H2,1-4H3,(H,24,26)/t16-,23-/m1/s1. The molecular weight excluding hydrogens is 352 g/mol. The Bertz CT molecular complexity index is 807. The van der Waals surface area contributed by atoms with Crippen LogP contribution < -0.4 is 14.8 Å². The van der Waals surface area contributed by atoms with Gasteiger partial charge in [-0.05, 0) is 48.7 Å². The highest BCUT2D eigenvalue weighted by Crippen LogP contribution is 2.39. The highest BCUT2D eigenvalue weighted by molar-refractivity contribution is 5.79. The number of rotatable bonds is 7. The minimum Gasteiger partial charge on any atom is -0.493 e. The molecule has 28 heavy (non-hydrogen) atoms. The van der Waals surface area contributed by atoms with Gasteiger partial charge in [-0.1, -0.05) is 37.3 Å². The number of nitrogens with one attached hydrogen (secondary N) is 1. The lowest BCUT2D eigenvalue weighted by Crippen LogP contribution is -2.47. The molecule has 150 valence electrons. The lowest BCUT2D eigenvalue weighted by atomic mass is 9.88. The van der Waals surface area contributed by atoms with E-state index in [1.807, 2.05) is 30.3 Å². The van der Waals surface area contributed by atoms with Crippen LogP contribution >= 0.6 is 0 Å². The average Bonchev–Trinajstić information content (AvgIpc) is 2.72. The first-order valence-corrected chi connectivity index (χ1v) is 9.89. The summed E-state index contributed by atoms with van der Waals surface area (Å²) < 4.78 is 11.0. The van der Waals surface area contributed by atoms with Gasteiger partial charge < -0.3 is 14.8 Å². The number of likely N-dealkylation sites (N-methyl/N-ethyl adjacent to an activating group) is 1. The summed E-state index contributed by atoms with van der Waals surface area (Å²) in [6, 6.07) is 14.1. The third-order valence-electron chi connectivity index (χ3n) is 5.50.